The summed E-state index contributed by atoms with van der Waals surface area (Å²) < 4.78 is 26.8. The molecule has 1 fully saturated rings. The fraction of sp³-hybridized carbons (Fsp3) is 0.538. The molecule has 1 saturated heterocycles. The molecule has 20 heavy (non-hydrogen) atoms. The van der Waals surface area contributed by atoms with E-state index in [0.717, 1.165) is 19.4 Å². The summed E-state index contributed by atoms with van der Waals surface area (Å²) in [5.41, 5.74) is 0. The van der Waals surface area contributed by atoms with Gasteiger partial charge >= 0.3 is 0 Å². The number of hydrogen-bond acceptors (Lipinski definition) is 3. The molecule has 1 aromatic rings. The molecule has 1 aliphatic rings. The quantitative estimate of drug-likeness (QED) is 0.919. The van der Waals surface area contributed by atoms with Gasteiger partial charge in [-0.05, 0) is 50.6 Å². The van der Waals surface area contributed by atoms with E-state index >= 15 is 0 Å². The standard InChI is InChI=1S/C13H18Cl2N2O2S/c1-16-8-10-3-2-4-17(9-10)20(18,19)13-6-11(14)5-12(15)7-13/h5-7,10,16H,2-4,8-9H2,1H3. The lowest BCUT2D eigenvalue weighted by atomic mass is 10.00. The number of sulfonamides is 1. The van der Waals surface area contributed by atoms with Crippen molar-refractivity contribution in [1.82, 2.24) is 9.62 Å². The van der Waals surface area contributed by atoms with Crippen molar-refractivity contribution in [3.63, 3.8) is 0 Å². The van der Waals surface area contributed by atoms with Crippen molar-refractivity contribution in [3.05, 3.63) is 28.2 Å². The van der Waals surface area contributed by atoms with Gasteiger partial charge in [-0.1, -0.05) is 23.2 Å². The number of rotatable bonds is 4. The molecule has 112 valence electrons. The normalized spacial score (nSPS) is 21.1. The summed E-state index contributed by atoms with van der Waals surface area (Å²) >= 11 is 11.8. The van der Waals surface area contributed by atoms with E-state index in [9.17, 15) is 8.42 Å². The lowest BCUT2D eigenvalue weighted by Gasteiger charge is -2.31. The minimum atomic E-state index is -3.52. The van der Waals surface area contributed by atoms with E-state index in [1.54, 1.807) is 0 Å². The third-order valence-electron chi connectivity index (χ3n) is 3.45. The molecule has 4 nitrogen and oxygen atoms in total. The summed E-state index contributed by atoms with van der Waals surface area (Å²) in [5.74, 6) is 0.346. The van der Waals surface area contributed by atoms with Crippen LogP contribution >= 0.6 is 23.2 Å². The highest BCUT2D eigenvalue weighted by Gasteiger charge is 2.30. The Morgan fingerprint density at radius 1 is 1.30 bits per heavy atom. The third-order valence-corrected chi connectivity index (χ3v) is 5.73. The molecule has 0 saturated carbocycles. The number of benzene rings is 1. The maximum absolute atomic E-state index is 12.6. The molecule has 0 spiro atoms. The van der Waals surface area contributed by atoms with Crippen molar-refractivity contribution in [2.45, 2.75) is 17.7 Å². The van der Waals surface area contributed by atoms with Crippen molar-refractivity contribution < 1.29 is 8.42 Å². The Labute approximate surface area is 130 Å². The second kappa shape index (κ2) is 6.62. The largest absolute Gasteiger partial charge is 0.319 e. The zero-order chi connectivity index (χ0) is 14.8. The van der Waals surface area contributed by atoms with E-state index in [4.69, 9.17) is 23.2 Å². The smallest absolute Gasteiger partial charge is 0.243 e. The van der Waals surface area contributed by atoms with Crippen LogP contribution in [0.25, 0.3) is 0 Å². The minimum absolute atomic E-state index is 0.167. The van der Waals surface area contributed by atoms with Gasteiger partial charge in [0.15, 0.2) is 0 Å². The van der Waals surface area contributed by atoms with Gasteiger partial charge in [0, 0.05) is 23.1 Å². The lowest BCUT2D eigenvalue weighted by molar-refractivity contribution is 0.263. The van der Waals surface area contributed by atoms with Crippen LogP contribution in [-0.4, -0.2) is 39.4 Å². The number of nitrogens with zero attached hydrogens (tertiary/aromatic N) is 1. The van der Waals surface area contributed by atoms with Gasteiger partial charge in [0.1, 0.15) is 0 Å². The first-order chi connectivity index (χ1) is 9.43. The fourth-order valence-electron chi connectivity index (χ4n) is 2.53. The Kier molecular flexibility index (Phi) is 5.31. The molecule has 1 unspecified atom stereocenters. The Bertz CT molecular complexity index is 555. The maximum atomic E-state index is 12.6. The van der Waals surface area contributed by atoms with Gasteiger partial charge in [0.25, 0.3) is 0 Å². The van der Waals surface area contributed by atoms with Crippen LogP contribution in [0.5, 0.6) is 0 Å². The average Bonchev–Trinajstić information content (AvgIpc) is 2.38. The Balaban J connectivity index is 2.25. The molecular weight excluding hydrogens is 319 g/mol. The van der Waals surface area contributed by atoms with Crippen molar-refractivity contribution in [1.29, 1.82) is 0 Å². The second-order valence-electron chi connectivity index (χ2n) is 5.03. The zero-order valence-electron chi connectivity index (χ0n) is 11.3. The summed E-state index contributed by atoms with van der Waals surface area (Å²) in [5, 5.41) is 3.77. The fourth-order valence-corrected chi connectivity index (χ4v) is 4.81. The van der Waals surface area contributed by atoms with Crippen molar-refractivity contribution in [3.8, 4) is 0 Å². The van der Waals surface area contributed by atoms with E-state index in [0.29, 0.717) is 29.1 Å². The van der Waals surface area contributed by atoms with E-state index in [1.807, 2.05) is 7.05 Å². The van der Waals surface area contributed by atoms with Crippen LogP contribution in [0.15, 0.2) is 23.1 Å². The van der Waals surface area contributed by atoms with Gasteiger partial charge in [-0.3, -0.25) is 0 Å². The highest BCUT2D eigenvalue weighted by Crippen LogP contribution is 2.27. The first-order valence-corrected chi connectivity index (χ1v) is 8.74. The SMILES string of the molecule is CNCC1CCCN(S(=O)(=O)c2cc(Cl)cc(Cl)c2)C1. The van der Waals surface area contributed by atoms with Crippen LogP contribution < -0.4 is 5.32 Å². The minimum Gasteiger partial charge on any atom is -0.319 e. The highest BCUT2D eigenvalue weighted by atomic mass is 35.5. The van der Waals surface area contributed by atoms with Crippen molar-refractivity contribution in [2.75, 3.05) is 26.7 Å². The van der Waals surface area contributed by atoms with Gasteiger partial charge in [-0.25, -0.2) is 8.42 Å². The van der Waals surface area contributed by atoms with Crippen LogP contribution in [-0.2, 0) is 10.0 Å². The lowest BCUT2D eigenvalue weighted by Crippen LogP contribution is -2.42. The molecule has 1 aromatic carbocycles. The van der Waals surface area contributed by atoms with Gasteiger partial charge in [0.2, 0.25) is 10.0 Å². The molecule has 1 N–H and O–H groups in total. The molecule has 1 atom stereocenters. The Hall–Kier alpha value is -0.330. The first kappa shape index (κ1) is 16.0. The summed E-state index contributed by atoms with van der Waals surface area (Å²) in [6, 6.07) is 4.43. The Morgan fingerprint density at radius 2 is 1.95 bits per heavy atom. The van der Waals surface area contributed by atoms with Gasteiger partial charge in [-0.2, -0.15) is 4.31 Å². The van der Waals surface area contributed by atoms with Crippen molar-refractivity contribution >= 4 is 33.2 Å². The molecule has 0 aliphatic carbocycles. The van der Waals surface area contributed by atoms with E-state index in [1.165, 1.54) is 22.5 Å². The summed E-state index contributed by atoms with van der Waals surface area (Å²) in [4.78, 5) is 0.167. The monoisotopic (exact) mass is 336 g/mol. The molecule has 1 aliphatic heterocycles. The predicted molar refractivity (Wildman–Crippen MR) is 81.9 cm³/mol. The number of halogens is 2. The van der Waals surface area contributed by atoms with Crippen LogP contribution in [0.1, 0.15) is 12.8 Å². The summed E-state index contributed by atoms with van der Waals surface area (Å²) in [7, 11) is -1.64. The molecule has 1 heterocycles. The van der Waals surface area contributed by atoms with Gasteiger partial charge < -0.3 is 5.32 Å². The first-order valence-electron chi connectivity index (χ1n) is 6.54. The summed E-state index contributed by atoms with van der Waals surface area (Å²) in [6.07, 6.45) is 1.92. The molecule has 2 rings (SSSR count). The maximum Gasteiger partial charge on any atom is 0.243 e. The molecule has 0 aromatic heterocycles. The van der Waals surface area contributed by atoms with E-state index in [2.05, 4.69) is 5.32 Å². The van der Waals surface area contributed by atoms with Crippen LogP contribution in [0, 0.1) is 5.92 Å². The number of nitrogens with one attached hydrogen (secondary N) is 1. The van der Waals surface area contributed by atoms with Crippen molar-refractivity contribution in [2.24, 2.45) is 5.92 Å². The summed E-state index contributed by atoms with van der Waals surface area (Å²) in [6.45, 7) is 1.91. The van der Waals surface area contributed by atoms with Gasteiger partial charge in [-0.15, -0.1) is 0 Å². The van der Waals surface area contributed by atoms with E-state index in [-0.39, 0.29) is 4.90 Å². The van der Waals surface area contributed by atoms with Gasteiger partial charge in [0.05, 0.1) is 4.90 Å². The van der Waals surface area contributed by atoms with Crippen LogP contribution in [0.4, 0.5) is 0 Å². The van der Waals surface area contributed by atoms with E-state index < -0.39 is 10.0 Å². The number of piperidine rings is 1. The molecule has 7 heteroatoms. The topological polar surface area (TPSA) is 49.4 Å². The molecule has 0 amide bonds. The average molecular weight is 337 g/mol. The zero-order valence-corrected chi connectivity index (χ0v) is 13.6. The molecule has 0 bridgehead atoms. The molecular formula is C13H18Cl2N2O2S. The number of hydrogen-bond donors (Lipinski definition) is 1. The van der Waals surface area contributed by atoms with Crippen LogP contribution in [0.3, 0.4) is 0 Å². The highest BCUT2D eigenvalue weighted by molar-refractivity contribution is 7.89. The third kappa shape index (κ3) is 3.65. The Morgan fingerprint density at radius 3 is 2.55 bits per heavy atom. The molecule has 0 radical (unpaired) electrons. The second-order valence-corrected chi connectivity index (χ2v) is 7.84. The predicted octanol–water partition coefficient (Wildman–Crippen LogP) is 2.61. The van der Waals surface area contributed by atoms with Crippen LogP contribution in [0.2, 0.25) is 10.0 Å².